The molecule has 4 nitrogen and oxygen atoms in total. The number of hydrogen-bond donors (Lipinski definition) is 2. The molecule has 114 valence electrons. The first-order valence-electron chi connectivity index (χ1n) is 6.01. The summed E-state index contributed by atoms with van der Waals surface area (Å²) >= 11 is 8.11. The van der Waals surface area contributed by atoms with E-state index in [1.54, 1.807) is 23.5 Å². The molecule has 1 aromatic carbocycles. The quantitative estimate of drug-likeness (QED) is 0.688. The van der Waals surface area contributed by atoms with Crippen LogP contribution in [0.5, 0.6) is 0 Å². The zero-order chi connectivity index (χ0) is 15.8. The van der Waals surface area contributed by atoms with Gasteiger partial charge in [0, 0.05) is 25.2 Å². The van der Waals surface area contributed by atoms with E-state index in [4.69, 9.17) is 5.73 Å². The van der Waals surface area contributed by atoms with Gasteiger partial charge in [-0.2, -0.15) is 0 Å². The van der Waals surface area contributed by atoms with Gasteiger partial charge in [0.05, 0.1) is 5.69 Å². The molecule has 1 heterocycles. The number of anilines is 1. The number of hydrogen-bond acceptors (Lipinski definition) is 4. The molecule has 0 fully saturated rings. The van der Waals surface area contributed by atoms with Crippen molar-refractivity contribution >= 4 is 58.9 Å². The molecule has 21 heavy (non-hydrogen) atoms. The Kier molecular flexibility index (Phi) is 5.15. The van der Waals surface area contributed by atoms with Crippen molar-refractivity contribution in [2.45, 2.75) is 25.3 Å². The van der Waals surface area contributed by atoms with Crippen molar-refractivity contribution in [1.29, 1.82) is 0 Å². The third kappa shape index (κ3) is 3.87. The Bertz CT molecular complexity index is 743. The molecule has 0 radical (unpaired) electrons. The zero-order valence-electron chi connectivity index (χ0n) is 11.4. The van der Waals surface area contributed by atoms with Crippen molar-refractivity contribution in [2.75, 3.05) is 5.73 Å². The summed E-state index contributed by atoms with van der Waals surface area (Å²) in [6.07, 6.45) is 0. The molecule has 0 saturated carbocycles. The van der Waals surface area contributed by atoms with Gasteiger partial charge in [0.2, 0.25) is 10.0 Å². The van der Waals surface area contributed by atoms with Crippen LogP contribution in [0.1, 0.15) is 15.3 Å². The molecular formula is C13H14Br2N2O2S2. The molecular weight excluding hydrogens is 440 g/mol. The largest absolute Gasteiger partial charge is 0.398 e. The number of benzene rings is 1. The van der Waals surface area contributed by atoms with E-state index in [2.05, 4.69) is 36.6 Å². The maximum atomic E-state index is 12.4. The second kappa shape index (κ2) is 6.37. The summed E-state index contributed by atoms with van der Waals surface area (Å²) in [4.78, 5) is 2.23. The van der Waals surface area contributed by atoms with Gasteiger partial charge in [-0.1, -0.05) is 15.9 Å². The lowest BCUT2D eigenvalue weighted by atomic mass is 10.3. The van der Waals surface area contributed by atoms with Crippen LogP contribution in [0.2, 0.25) is 0 Å². The fraction of sp³-hybridized carbons (Fsp3) is 0.231. The third-order valence-electron chi connectivity index (χ3n) is 2.96. The molecule has 0 bridgehead atoms. The van der Waals surface area contributed by atoms with Gasteiger partial charge in [-0.05, 0) is 53.5 Å². The second-order valence-electron chi connectivity index (χ2n) is 4.58. The highest BCUT2D eigenvalue weighted by Gasteiger charge is 2.21. The summed E-state index contributed by atoms with van der Waals surface area (Å²) in [5.41, 5.74) is 7.19. The van der Waals surface area contributed by atoms with Crippen molar-refractivity contribution in [1.82, 2.24) is 4.72 Å². The highest BCUT2D eigenvalue weighted by atomic mass is 79.9. The first-order valence-corrected chi connectivity index (χ1v) is 9.89. The van der Waals surface area contributed by atoms with Crippen LogP contribution in [0.15, 0.2) is 32.0 Å². The van der Waals surface area contributed by atoms with E-state index in [1.165, 1.54) is 10.4 Å². The molecule has 0 atom stereocenters. The fourth-order valence-electron chi connectivity index (χ4n) is 1.84. The first-order chi connectivity index (χ1) is 9.70. The van der Waals surface area contributed by atoms with Crippen molar-refractivity contribution < 1.29 is 8.42 Å². The minimum absolute atomic E-state index is 0.0655. The van der Waals surface area contributed by atoms with Gasteiger partial charge in [-0.15, -0.1) is 11.3 Å². The predicted molar refractivity (Wildman–Crippen MR) is 94.1 cm³/mol. The van der Waals surface area contributed by atoms with E-state index in [1.807, 2.05) is 19.9 Å². The van der Waals surface area contributed by atoms with Crippen LogP contribution in [0.4, 0.5) is 5.69 Å². The van der Waals surface area contributed by atoms with Crippen molar-refractivity contribution in [3.05, 3.63) is 42.5 Å². The Hall–Kier alpha value is -0.410. The maximum absolute atomic E-state index is 12.4. The summed E-state index contributed by atoms with van der Waals surface area (Å²) in [5, 5.41) is 0. The first kappa shape index (κ1) is 17.0. The molecule has 0 spiro atoms. The molecule has 8 heteroatoms. The SMILES string of the molecule is Cc1cc(CNS(=O)(=O)c2c(N)cc(Br)cc2Br)sc1C. The van der Waals surface area contributed by atoms with Gasteiger partial charge in [-0.25, -0.2) is 13.1 Å². The van der Waals surface area contributed by atoms with Gasteiger partial charge in [0.25, 0.3) is 0 Å². The molecule has 3 N–H and O–H groups in total. The average molecular weight is 454 g/mol. The van der Waals surface area contributed by atoms with Gasteiger partial charge in [0.15, 0.2) is 0 Å². The van der Waals surface area contributed by atoms with Crippen LogP contribution in [-0.4, -0.2) is 8.42 Å². The lowest BCUT2D eigenvalue weighted by Gasteiger charge is -2.11. The second-order valence-corrected chi connectivity index (χ2v) is 9.40. The normalized spacial score (nSPS) is 11.8. The van der Waals surface area contributed by atoms with Crippen molar-refractivity contribution in [2.24, 2.45) is 0 Å². The molecule has 0 aliphatic heterocycles. The number of nitrogens with two attached hydrogens (primary N) is 1. The number of thiophene rings is 1. The average Bonchev–Trinajstić information content (AvgIpc) is 2.65. The standard InChI is InChI=1S/C13H14Br2N2O2S2/c1-7-3-10(20-8(7)2)6-17-21(18,19)13-11(15)4-9(14)5-12(13)16/h3-5,17H,6,16H2,1-2H3. The Labute approximate surface area is 145 Å². The van der Waals surface area contributed by atoms with Gasteiger partial charge >= 0.3 is 0 Å². The topological polar surface area (TPSA) is 72.2 Å². The van der Waals surface area contributed by atoms with E-state index in [-0.39, 0.29) is 17.1 Å². The number of nitrogens with one attached hydrogen (secondary N) is 1. The van der Waals surface area contributed by atoms with Crippen LogP contribution < -0.4 is 10.5 Å². The van der Waals surface area contributed by atoms with Crippen LogP contribution in [0.3, 0.4) is 0 Å². The Balaban J connectivity index is 2.27. The van der Waals surface area contributed by atoms with Crippen LogP contribution >= 0.6 is 43.2 Å². The van der Waals surface area contributed by atoms with E-state index in [9.17, 15) is 8.42 Å². The van der Waals surface area contributed by atoms with Gasteiger partial charge in [-0.3, -0.25) is 0 Å². The minimum atomic E-state index is -3.68. The predicted octanol–water partition coefficient (Wildman–Crippen LogP) is 3.95. The monoisotopic (exact) mass is 452 g/mol. The number of halogens is 2. The zero-order valence-corrected chi connectivity index (χ0v) is 16.2. The van der Waals surface area contributed by atoms with Crippen LogP contribution in [0, 0.1) is 13.8 Å². The minimum Gasteiger partial charge on any atom is -0.398 e. The summed E-state index contributed by atoms with van der Waals surface area (Å²) < 4.78 is 28.6. The van der Waals surface area contributed by atoms with Crippen molar-refractivity contribution in [3.8, 4) is 0 Å². The highest BCUT2D eigenvalue weighted by Crippen LogP contribution is 2.31. The highest BCUT2D eigenvalue weighted by molar-refractivity contribution is 9.11. The summed E-state index contributed by atoms with van der Waals surface area (Å²) in [6, 6.07) is 5.21. The van der Waals surface area contributed by atoms with E-state index >= 15 is 0 Å². The van der Waals surface area contributed by atoms with Crippen LogP contribution in [0.25, 0.3) is 0 Å². The summed E-state index contributed by atoms with van der Waals surface area (Å²) in [5.74, 6) is 0. The Morgan fingerprint density at radius 1 is 1.24 bits per heavy atom. The number of sulfonamides is 1. The lowest BCUT2D eigenvalue weighted by Crippen LogP contribution is -2.24. The van der Waals surface area contributed by atoms with E-state index in [0.29, 0.717) is 4.47 Å². The molecule has 1 aromatic heterocycles. The van der Waals surface area contributed by atoms with Crippen molar-refractivity contribution in [3.63, 3.8) is 0 Å². The number of aryl methyl sites for hydroxylation is 2. The third-order valence-corrected chi connectivity index (χ3v) is 6.97. The molecule has 0 amide bonds. The fourth-order valence-corrected chi connectivity index (χ4v) is 6.00. The molecule has 2 rings (SSSR count). The molecule has 2 aromatic rings. The van der Waals surface area contributed by atoms with Gasteiger partial charge in [0.1, 0.15) is 4.90 Å². The van der Waals surface area contributed by atoms with Crippen LogP contribution in [-0.2, 0) is 16.6 Å². The number of rotatable bonds is 4. The molecule has 0 saturated heterocycles. The lowest BCUT2D eigenvalue weighted by molar-refractivity contribution is 0.581. The smallest absolute Gasteiger partial charge is 0.244 e. The Morgan fingerprint density at radius 3 is 2.43 bits per heavy atom. The molecule has 0 aliphatic rings. The molecule has 0 aliphatic carbocycles. The van der Waals surface area contributed by atoms with Gasteiger partial charge < -0.3 is 5.73 Å². The van der Waals surface area contributed by atoms with E-state index < -0.39 is 10.0 Å². The van der Waals surface area contributed by atoms with E-state index in [0.717, 1.165) is 9.35 Å². The summed E-state index contributed by atoms with van der Waals surface area (Å²) in [7, 11) is -3.68. The summed E-state index contributed by atoms with van der Waals surface area (Å²) in [6.45, 7) is 4.28. The molecule has 0 unspecified atom stereocenters. The Morgan fingerprint density at radius 2 is 1.90 bits per heavy atom. The maximum Gasteiger partial charge on any atom is 0.244 e. The number of nitrogen functional groups attached to an aromatic ring is 1.